The molecule has 1 rings (SSSR count). The zero-order valence-corrected chi connectivity index (χ0v) is 17.8. The lowest BCUT2D eigenvalue weighted by atomic mass is 10.1. The molecular weight excluding hydrogens is 507 g/mol. The second-order valence-corrected chi connectivity index (χ2v) is 8.02. The van der Waals surface area contributed by atoms with Gasteiger partial charge in [-0.05, 0) is 12.0 Å². The van der Waals surface area contributed by atoms with Gasteiger partial charge in [0.15, 0.2) is 0 Å². The van der Waals surface area contributed by atoms with E-state index in [0.29, 0.717) is 5.56 Å². The number of alkyl halides is 7. The van der Waals surface area contributed by atoms with Crippen molar-refractivity contribution in [3.63, 3.8) is 0 Å². The van der Waals surface area contributed by atoms with E-state index in [1.54, 1.807) is 11.4 Å². The summed E-state index contributed by atoms with van der Waals surface area (Å²) in [6, 6.07) is 7.40. The van der Waals surface area contributed by atoms with Crippen molar-refractivity contribution in [2.24, 2.45) is 0 Å². The van der Waals surface area contributed by atoms with Crippen molar-refractivity contribution in [3.05, 3.63) is 48.6 Å². The summed E-state index contributed by atoms with van der Waals surface area (Å²) in [5, 5.41) is -4.15. The Morgan fingerprint density at radius 3 is 2.09 bits per heavy atom. The molecule has 0 aliphatic rings. The Morgan fingerprint density at radius 1 is 1.06 bits per heavy atom. The minimum atomic E-state index is -6.56. The first-order valence-electron chi connectivity index (χ1n) is 9.02. The van der Waals surface area contributed by atoms with Gasteiger partial charge in [0.05, 0.1) is 6.61 Å². The SMILES string of the molecule is C=CC(=O)OC(OCCCC(F)(F)C(F)(F)S(=O)(=O)O)(C(=O)NCc1ccccc1)C(F)(F)F. The van der Waals surface area contributed by atoms with Gasteiger partial charge < -0.3 is 14.8 Å². The quantitative estimate of drug-likeness (QED) is 0.107. The number of esters is 1. The number of carbonyl (C=O) groups is 2. The molecule has 0 spiro atoms. The molecule has 16 heteroatoms. The molecule has 0 heterocycles. The summed E-state index contributed by atoms with van der Waals surface area (Å²) in [7, 11) is -6.56. The Balaban J connectivity index is 3.10. The molecule has 0 bridgehead atoms. The highest BCUT2D eigenvalue weighted by Crippen LogP contribution is 2.42. The summed E-state index contributed by atoms with van der Waals surface area (Å²) in [6.07, 6.45) is -9.01. The van der Waals surface area contributed by atoms with Gasteiger partial charge in [0.25, 0.3) is 0 Å². The van der Waals surface area contributed by atoms with E-state index in [1.807, 2.05) is 0 Å². The maximum Gasteiger partial charge on any atom is 0.466 e. The number of hydrogen-bond acceptors (Lipinski definition) is 6. The third-order valence-corrected chi connectivity index (χ3v) is 5.02. The van der Waals surface area contributed by atoms with E-state index in [2.05, 4.69) is 16.1 Å². The highest BCUT2D eigenvalue weighted by molar-refractivity contribution is 7.87. The first-order valence-corrected chi connectivity index (χ1v) is 10.5. The van der Waals surface area contributed by atoms with Crippen LogP contribution in [0.5, 0.6) is 0 Å². The number of ether oxygens (including phenoxy) is 2. The molecule has 1 atom stereocenters. The molecule has 1 amide bonds. The Labute approximate surface area is 188 Å². The minimum absolute atomic E-state index is 0.245. The Hall–Kier alpha value is -2.72. The first kappa shape index (κ1) is 29.3. The molecule has 0 aliphatic heterocycles. The van der Waals surface area contributed by atoms with Crippen LogP contribution in [0.15, 0.2) is 43.0 Å². The topological polar surface area (TPSA) is 119 Å². The number of amides is 1. The fourth-order valence-corrected chi connectivity index (χ4v) is 2.81. The smallest absolute Gasteiger partial charge is 0.412 e. The third kappa shape index (κ3) is 6.66. The predicted octanol–water partition coefficient (Wildman–Crippen LogP) is 3.20. The molecule has 8 nitrogen and oxygen atoms in total. The summed E-state index contributed by atoms with van der Waals surface area (Å²) < 4.78 is 132. The number of nitrogens with one attached hydrogen (secondary N) is 1. The lowest BCUT2D eigenvalue weighted by molar-refractivity contribution is -0.347. The Bertz CT molecular complexity index is 984. The Morgan fingerprint density at radius 2 is 1.62 bits per heavy atom. The first-order chi connectivity index (χ1) is 15.4. The van der Waals surface area contributed by atoms with Crippen molar-refractivity contribution in [2.45, 2.75) is 42.5 Å². The molecule has 2 N–H and O–H groups in total. The second-order valence-electron chi connectivity index (χ2n) is 6.56. The molecule has 1 unspecified atom stereocenters. The van der Waals surface area contributed by atoms with Gasteiger partial charge in [-0.25, -0.2) is 4.79 Å². The standard InChI is InChI=1S/C18H18F7NO7S/c1-2-13(27)33-16(17(21,22)23,14(28)26-11-12-7-4-3-5-8-12)32-10-6-9-15(19,20)18(24,25)34(29,30)31/h2-5,7-8H,1,6,9-11H2,(H,26,28)(H,29,30,31). The van der Waals surface area contributed by atoms with Crippen molar-refractivity contribution in [1.82, 2.24) is 5.32 Å². The van der Waals surface area contributed by atoms with Crippen LogP contribution in [0, 0.1) is 0 Å². The minimum Gasteiger partial charge on any atom is -0.412 e. The van der Waals surface area contributed by atoms with Gasteiger partial charge in [-0.2, -0.15) is 39.2 Å². The lowest BCUT2D eigenvalue weighted by Gasteiger charge is -2.33. The second kappa shape index (κ2) is 10.7. The zero-order valence-electron chi connectivity index (χ0n) is 17.0. The lowest BCUT2D eigenvalue weighted by Crippen LogP contribution is -2.61. The van der Waals surface area contributed by atoms with Crippen LogP contribution in [0.25, 0.3) is 0 Å². The van der Waals surface area contributed by atoms with Crippen molar-refractivity contribution in [2.75, 3.05) is 6.61 Å². The molecular formula is C18H18F7NO7S. The fraction of sp³-hybridized carbons (Fsp3) is 0.444. The van der Waals surface area contributed by atoms with Crippen molar-refractivity contribution in [1.29, 1.82) is 0 Å². The largest absolute Gasteiger partial charge is 0.466 e. The molecule has 1 aromatic carbocycles. The highest BCUT2D eigenvalue weighted by atomic mass is 32.2. The highest BCUT2D eigenvalue weighted by Gasteiger charge is 2.67. The van der Waals surface area contributed by atoms with E-state index >= 15 is 0 Å². The van der Waals surface area contributed by atoms with E-state index in [4.69, 9.17) is 4.55 Å². The molecule has 0 saturated heterocycles. The maximum atomic E-state index is 13.8. The fourth-order valence-electron chi connectivity index (χ4n) is 2.33. The van der Waals surface area contributed by atoms with Crippen LogP contribution < -0.4 is 5.32 Å². The summed E-state index contributed by atoms with van der Waals surface area (Å²) >= 11 is 0. The predicted molar refractivity (Wildman–Crippen MR) is 100.0 cm³/mol. The van der Waals surface area contributed by atoms with Crippen molar-refractivity contribution < 1.29 is 62.8 Å². The van der Waals surface area contributed by atoms with Crippen LogP contribution in [0.1, 0.15) is 18.4 Å². The molecule has 0 radical (unpaired) electrons. The van der Waals surface area contributed by atoms with Crippen LogP contribution in [-0.4, -0.2) is 54.6 Å². The van der Waals surface area contributed by atoms with Gasteiger partial charge in [0.2, 0.25) is 0 Å². The van der Waals surface area contributed by atoms with Crippen LogP contribution in [0.3, 0.4) is 0 Å². The van der Waals surface area contributed by atoms with Crippen molar-refractivity contribution >= 4 is 22.0 Å². The molecule has 34 heavy (non-hydrogen) atoms. The van der Waals surface area contributed by atoms with Gasteiger partial charge >= 0.3 is 45.1 Å². The number of halogens is 7. The monoisotopic (exact) mass is 525 g/mol. The molecule has 192 valence electrons. The Kier molecular flexibility index (Phi) is 9.22. The number of benzene rings is 1. The molecule has 0 aromatic heterocycles. The van der Waals surface area contributed by atoms with Crippen LogP contribution >= 0.6 is 0 Å². The van der Waals surface area contributed by atoms with Gasteiger partial charge in [-0.15, -0.1) is 0 Å². The van der Waals surface area contributed by atoms with Crippen LogP contribution in [-0.2, 0) is 35.7 Å². The van der Waals surface area contributed by atoms with Gasteiger partial charge in [0, 0.05) is 19.0 Å². The number of carbonyl (C=O) groups excluding carboxylic acids is 2. The summed E-state index contributed by atoms with van der Waals surface area (Å²) in [5.41, 5.74) is 0.314. The molecule has 0 aliphatic carbocycles. The van der Waals surface area contributed by atoms with Crippen LogP contribution in [0.4, 0.5) is 30.7 Å². The van der Waals surface area contributed by atoms with E-state index < -0.39 is 71.1 Å². The van der Waals surface area contributed by atoms with E-state index in [-0.39, 0.29) is 6.08 Å². The average molecular weight is 525 g/mol. The molecule has 0 saturated carbocycles. The normalized spacial score (nSPS) is 14.7. The summed E-state index contributed by atoms with van der Waals surface area (Å²) in [5.74, 6) is -13.7. The molecule has 1 aromatic rings. The van der Waals surface area contributed by atoms with E-state index in [0.717, 1.165) is 0 Å². The van der Waals surface area contributed by atoms with Gasteiger partial charge in [0.1, 0.15) is 0 Å². The number of rotatable bonds is 12. The van der Waals surface area contributed by atoms with E-state index in [1.165, 1.54) is 24.3 Å². The van der Waals surface area contributed by atoms with Gasteiger partial charge in [-0.1, -0.05) is 36.9 Å². The zero-order chi connectivity index (χ0) is 26.4. The van der Waals surface area contributed by atoms with Crippen LogP contribution in [0.2, 0.25) is 0 Å². The van der Waals surface area contributed by atoms with E-state index in [9.17, 15) is 48.7 Å². The number of hydrogen-bond donors (Lipinski definition) is 2. The summed E-state index contributed by atoms with van der Waals surface area (Å²) in [4.78, 5) is 23.8. The molecule has 0 fully saturated rings. The van der Waals surface area contributed by atoms with Gasteiger partial charge in [-0.3, -0.25) is 9.35 Å². The van der Waals surface area contributed by atoms with Crippen molar-refractivity contribution in [3.8, 4) is 0 Å². The maximum absolute atomic E-state index is 13.8. The summed E-state index contributed by atoms with van der Waals surface area (Å²) in [6.45, 7) is 0.830. The third-order valence-electron chi connectivity index (χ3n) is 4.07. The average Bonchev–Trinajstić information content (AvgIpc) is 2.72.